The van der Waals surface area contributed by atoms with E-state index in [1.807, 2.05) is 66.4 Å². The number of nitrogens with zero attached hydrogens (tertiary/aromatic N) is 1. The van der Waals surface area contributed by atoms with Crippen LogP contribution in [0.3, 0.4) is 0 Å². The topological polar surface area (TPSA) is 75.8 Å². The van der Waals surface area contributed by atoms with Gasteiger partial charge >= 0.3 is 0 Å². The molecule has 1 amide bonds. The molecule has 3 aromatic rings. The molecule has 1 heterocycles. The highest BCUT2D eigenvalue weighted by atomic mass is 35.5. The van der Waals surface area contributed by atoms with Crippen molar-refractivity contribution in [3.63, 3.8) is 0 Å². The van der Waals surface area contributed by atoms with Gasteiger partial charge in [-0.3, -0.25) is 4.79 Å². The fraction of sp³-hybridized carbons (Fsp3) is 0.323. The van der Waals surface area contributed by atoms with Crippen molar-refractivity contribution in [2.75, 3.05) is 13.1 Å². The van der Waals surface area contributed by atoms with Gasteiger partial charge in [-0.25, -0.2) is 0 Å². The van der Waals surface area contributed by atoms with Gasteiger partial charge in [0.1, 0.15) is 17.6 Å². The molecule has 0 aliphatic carbocycles. The number of carbonyl (C=O) groups excluding carboxylic acids is 1. The van der Waals surface area contributed by atoms with Gasteiger partial charge in [0.15, 0.2) is 0 Å². The molecule has 1 aliphatic heterocycles. The van der Waals surface area contributed by atoms with Crippen LogP contribution in [0.4, 0.5) is 0 Å². The molecular weight excluding hydrogens is 484 g/mol. The molecule has 6 heteroatoms. The number of hydrogen-bond donors (Lipinski definition) is 2. The smallest absolute Gasteiger partial charge is 0.254 e. The van der Waals surface area contributed by atoms with E-state index >= 15 is 0 Å². The van der Waals surface area contributed by atoms with Gasteiger partial charge < -0.3 is 20.5 Å². The van der Waals surface area contributed by atoms with Crippen LogP contribution in [-0.2, 0) is 6.42 Å². The fourth-order valence-corrected chi connectivity index (χ4v) is 5.04. The summed E-state index contributed by atoms with van der Waals surface area (Å²) in [6.07, 6.45) is 0.252. The van der Waals surface area contributed by atoms with E-state index in [0.717, 1.165) is 16.7 Å². The highest BCUT2D eigenvalue weighted by Crippen LogP contribution is 2.43. The molecule has 4 rings (SSSR count). The van der Waals surface area contributed by atoms with Crippen molar-refractivity contribution in [2.45, 2.75) is 45.8 Å². The van der Waals surface area contributed by atoms with Gasteiger partial charge in [0, 0.05) is 28.3 Å². The fourth-order valence-electron chi connectivity index (χ4n) is 4.87. The Kier molecular flexibility index (Phi) is 8.70. The first-order valence-corrected chi connectivity index (χ1v) is 13.2. The minimum atomic E-state index is -0.886. The van der Waals surface area contributed by atoms with Crippen LogP contribution in [0.25, 0.3) is 0 Å². The monoisotopic (exact) mass is 518 g/mol. The third-order valence-corrected chi connectivity index (χ3v) is 7.01. The Morgan fingerprint density at radius 3 is 2.43 bits per heavy atom. The number of nitrogens with two attached hydrogens (primary N) is 1. The van der Waals surface area contributed by atoms with Gasteiger partial charge in [0.05, 0.1) is 6.04 Å². The van der Waals surface area contributed by atoms with Crippen LogP contribution >= 0.6 is 11.6 Å². The Hall–Kier alpha value is -3.12. The molecule has 37 heavy (non-hydrogen) atoms. The van der Waals surface area contributed by atoms with Crippen molar-refractivity contribution in [3.05, 3.63) is 111 Å². The third kappa shape index (κ3) is 6.07. The van der Waals surface area contributed by atoms with Crippen molar-refractivity contribution >= 4 is 17.5 Å². The van der Waals surface area contributed by atoms with Gasteiger partial charge in [-0.2, -0.15) is 0 Å². The summed E-state index contributed by atoms with van der Waals surface area (Å²) in [4.78, 5) is 15.8. The Balaban J connectivity index is 1.85. The van der Waals surface area contributed by atoms with E-state index in [1.54, 1.807) is 18.2 Å². The zero-order valence-electron chi connectivity index (χ0n) is 21.7. The molecule has 0 saturated heterocycles. The predicted octanol–water partition coefficient (Wildman–Crippen LogP) is 6.09. The maximum absolute atomic E-state index is 13.9. The lowest BCUT2D eigenvalue weighted by Crippen LogP contribution is -2.47. The number of fused-ring (bicyclic) bond motifs is 1. The molecule has 2 atom stereocenters. The lowest BCUT2D eigenvalue weighted by atomic mass is 9.86. The number of rotatable bonds is 9. The van der Waals surface area contributed by atoms with Crippen LogP contribution < -0.4 is 10.5 Å². The van der Waals surface area contributed by atoms with E-state index in [1.165, 1.54) is 0 Å². The molecule has 3 N–H and O–H groups in total. The van der Waals surface area contributed by atoms with Crippen LogP contribution in [0, 0.1) is 12.8 Å². The van der Waals surface area contributed by atoms with E-state index in [0.29, 0.717) is 53.6 Å². The minimum absolute atomic E-state index is 0.000815. The highest BCUT2D eigenvalue weighted by Gasteiger charge is 2.38. The summed E-state index contributed by atoms with van der Waals surface area (Å²) in [6, 6.07) is 22.5. The molecule has 0 aromatic heterocycles. The van der Waals surface area contributed by atoms with Gasteiger partial charge in [0.25, 0.3) is 5.91 Å². The lowest BCUT2D eigenvalue weighted by Gasteiger charge is -2.40. The van der Waals surface area contributed by atoms with Crippen LogP contribution in [0.5, 0.6) is 5.75 Å². The number of halogens is 1. The average Bonchev–Trinajstić information content (AvgIpc) is 2.88. The average molecular weight is 519 g/mol. The number of aliphatic hydroxyl groups excluding tert-OH is 1. The van der Waals surface area contributed by atoms with Crippen molar-refractivity contribution in [1.82, 2.24) is 4.90 Å². The third-order valence-electron chi connectivity index (χ3n) is 6.77. The number of aliphatic hydroxyl groups is 1. The molecular formula is C31H35ClN2O3. The Morgan fingerprint density at radius 2 is 1.78 bits per heavy atom. The van der Waals surface area contributed by atoms with Crippen LogP contribution in [-0.4, -0.2) is 35.0 Å². The lowest BCUT2D eigenvalue weighted by molar-refractivity contribution is 0.0599. The second kappa shape index (κ2) is 12.0. The molecule has 0 bridgehead atoms. The molecule has 3 aromatic carbocycles. The highest BCUT2D eigenvalue weighted by molar-refractivity contribution is 6.30. The largest absolute Gasteiger partial charge is 0.459 e. The summed E-state index contributed by atoms with van der Waals surface area (Å²) < 4.78 is 6.57. The normalized spacial score (nSPS) is 15.8. The summed E-state index contributed by atoms with van der Waals surface area (Å²) in [7, 11) is 0. The van der Waals surface area contributed by atoms with Crippen molar-refractivity contribution in [3.8, 4) is 5.75 Å². The van der Waals surface area contributed by atoms with E-state index < -0.39 is 12.1 Å². The minimum Gasteiger partial charge on any atom is -0.459 e. The maximum Gasteiger partial charge on any atom is 0.254 e. The Morgan fingerprint density at radius 1 is 1.08 bits per heavy atom. The summed E-state index contributed by atoms with van der Waals surface area (Å²) in [5.41, 5.74) is 10.0. The molecule has 1 aliphatic rings. The molecule has 0 saturated carbocycles. The maximum atomic E-state index is 13.9. The standard InChI is InChI=1S/C31H35ClN2O3/c1-20(2)28(34(17-7-16-33)31(36)23-12-10-21(3)11-13-23)30-26(18-22-8-5-4-6-9-22)29(35)25-15-14-24(32)19-27(25)37-30/h4-6,8-15,19-20,28-29,35H,7,16-18,33H2,1-3H3/t28-,29?/m1/s1. The first-order chi connectivity index (χ1) is 17.8. The van der Waals surface area contributed by atoms with E-state index in [4.69, 9.17) is 22.1 Å². The van der Waals surface area contributed by atoms with Crippen LogP contribution in [0.2, 0.25) is 5.02 Å². The second-order valence-electron chi connectivity index (χ2n) is 9.93. The summed E-state index contributed by atoms with van der Waals surface area (Å²) in [5, 5.41) is 12.1. The van der Waals surface area contributed by atoms with Gasteiger partial charge in [-0.1, -0.05) is 79.5 Å². The number of aryl methyl sites for hydroxylation is 1. The van der Waals surface area contributed by atoms with Gasteiger partial charge in [-0.05, 0) is 62.1 Å². The SMILES string of the molecule is Cc1ccc(C(=O)N(CCCN)[C@@H](C2=C(Cc3ccccc3)C(O)c3ccc(Cl)cc3O2)C(C)C)cc1. The Labute approximate surface area is 224 Å². The predicted molar refractivity (Wildman–Crippen MR) is 149 cm³/mol. The molecule has 194 valence electrons. The summed E-state index contributed by atoms with van der Waals surface area (Å²) in [5.74, 6) is 1.02. The number of carbonyl (C=O) groups is 1. The van der Waals surface area contributed by atoms with E-state index in [2.05, 4.69) is 13.8 Å². The second-order valence-corrected chi connectivity index (χ2v) is 10.4. The van der Waals surface area contributed by atoms with Crippen LogP contribution in [0.1, 0.15) is 53.4 Å². The van der Waals surface area contributed by atoms with Crippen molar-refractivity contribution < 1.29 is 14.6 Å². The molecule has 5 nitrogen and oxygen atoms in total. The van der Waals surface area contributed by atoms with Crippen molar-refractivity contribution in [2.24, 2.45) is 11.7 Å². The number of ether oxygens (including phenoxy) is 1. The summed E-state index contributed by atoms with van der Waals surface area (Å²) >= 11 is 6.30. The zero-order chi connectivity index (χ0) is 26.5. The molecule has 0 radical (unpaired) electrons. The first-order valence-electron chi connectivity index (χ1n) is 12.8. The first kappa shape index (κ1) is 26.9. The quantitative estimate of drug-likeness (QED) is 0.359. The van der Waals surface area contributed by atoms with Crippen LogP contribution in [0.15, 0.2) is 84.1 Å². The molecule has 0 spiro atoms. The van der Waals surface area contributed by atoms with Gasteiger partial charge in [0.2, 0.25) is 0 Å². The molecule has 1 unspecified atom stereocenters. The number of benzene rings is 3. The number of amides is 1. The van der Waals surface area contributed by atoms with Gasteiger partial charge in [-0.15, -0.1) is 0 Å². The number of hydrogen-bond acceptors (Lipinski definition) is 4. The molecule has 0 fully saturated rings. The summed E-state index contributed by atoms with van der Waals surface area (Å²) in [6.45, 7) is 7.06. The Bertz CT molecular complexity index is 1260. The van der Waals surface area contributed by atoms with E-state index in [9.17, 15) is 9.90 Å². The van der Waals surface area contributed by atoms with Crippen molar-refractivity contribution in [1.29, 1.82) is 0 Å². The zero-order valence-corrected chi connectivity index (χ0v) is 22.4. The van der Waals surface area contributed by atoms with E-state index in [-0.39, 0.29) is 11.8 Å².